The number of benzene rings is 1. The van der Waals surface area contributed by atoms with Crippen LogP contribution in [0.2, 0.25) is 0 Å². The van der Waals surface area contributed by atoms with Gasteiger partial charge in [-0.05, 0) is 36.8 Å². The van der Waals surface area contributed by atoms with Gasteiger partial charge in [0.1, 0.15) is 11.9 Å². The summed E-state index contributed by atoms with van der Waals surface area (Å²) < 4.78 is 5.20. The van der Waals surface area contributed by atoms with Gasteiger partial charge in [0.05, 0.1) is 18.8 Å². The van der Waals surface area contributed by atoms with Gasteiger partial charge < -0.3 is 20.2 Å². The van der Waals surface area contributed by atoms with E-state index >= 15 is 0 Å². The highest BCUT2D eigenvalue weighted by Gasteiger charge is 2.18. The maximum Gasteiger partial charge on any atom is 0.309 e. The number of aliphatic hydroxyl groups excluding tert-OH is 1. The lowest BCUT2D eigenvalue weighted by Gasteiger charge is -2.13. The Balaban J connectivity index is 1.51. The number of hydrogen-bond donors (Lipinski definition) is 3. The minimum atomic E-state index is -0.843. The van der Waals surface area contributed by atoms with Crippen molar-refractivity contribution in [2.24, 2.45) is 0 Å². The third kappa shape index (κ3) is 4.84. The van der Waals surface area contributed by atoms with Crippen LogP contribution in [-0.2, 0) is 16.1 Å². The zero-order valence-electron chi connectivity index (χ0n) is 14.7. The summed E-state index contributed by atoms with van der Waals surface area (Å²) >= 11 is 1.35. The monoisotopic (exact) mass is 384 g/mol. The SMILES string of the molecule is C[C@H](NC(=O)C(=O)NCc1ccc([C@@H](O)c2ccco2)s1)c1ccccc1. The predicted octanol–water partition coefficient (Wildman–Crippen LogP) is 2.92. The van der Waals surface area contributed by atoms with E-state index in [4.69, 9.17) is 4.42 Å². The van der Waals surface area contributed by atoms with Gasteiger partial charge in [-0.1, -0.05) is 30.3 Å². The van der Waals surface area contributed by atoms with Crippen LogP contribution in [0.15, 0.2) is 65.3 Å². The minimum Gasteiger partial charge on any atom is -0.466 e. The zero-order chi connectivity index (χ0) is 19.2. The van der Waals surface area contributed by atoms with E-state index in [0.717, 1.165) is 10.4 Å². The molecule has 0 unspecified atom stereocenters. The second-order valence-electron chi connectivity index (χ2n) is 6.01. The Kier molecular flexibility index (Phi) is 6.05. The molecule has 0 aliphatic rings. The zero-order valence-corrected chi connectivity index (χ0v) is 15.5. The molecule has 0 bridgehead atoms. The van der Waals surface area contributed by atoms with Crippen LogP contribution in [0, 0.1) is 0 Å². The number of amides is 2. The Labute approximate surface area is 160 Å². The van der Waals surface area contributed by atoms with Crippen LogP contribution < -0.4 is 10.6 Å². The highest BCUT2D eigenvalue weighted by molar-refractivity contribution is 7.12. The molecule has 140 valence electrons. The molecular weight excluding hydrogens is 364 g/mol. The number of aliphatic hydroxyl groups is 1. The predicted molar refractivity (Wildman–Crippen MR) is 102 cm³/mol. The average molecular weight is 384 g/mol. The fourth-order valence-corrected chi connectivity index (χ4v) is 3.51. The Morgan fingerprint density at radius 2 is 1.85 bits per heavy atom. The van der Waals surface area contributed by atoms with E-state index in [1.165, 1.54) is 17.6 Å². The van der Waals surface area contributed by atoms with Crippen molar-refractivity contribution in [3.63, 3.8) is 0 Å². The van der Waals surface area contributed by atoms with E-state index in [2.05, 4.69) is 10.6 Å². The van der Waals surface area contributed by atoms with Gasteiger partial charge in [0.2, 0.25) is 0 Å². The Hall–Kier alpha value is -2.90. The molecule has 0 aliphatic heterocycles. The van der Waals surface area contributed by atoms with E-state index in [1.807, 2.05) is 37.3 Å². The first-order chi connectivity index (χ1) is 13.0. The summed E-state index contributed by atoms with van der Waals surface area (Å²) in [4.78, 5) is 25.6. The second-order valence-corrected chi connectivity index (χ2v) is 7.21. The van der Waals surface area contributed by atoms with Gasteiger partial charge in [-0.3, -0.25) is 9.59 Å². The average Bonchev–Trinajstić information content (AvgIpc) is 3.38. The third-order valence-electron chi connectivity index (χ3n) is 4.04. The molecule has 0 spiro atoms. The van der Waals surface area contributed by atoms with Crippen molar-refractivity contribution in [3.05, 3.63) is 81.9 Å². The number of carbonyl (C=O) groups is 2. The summed E-state index contributed by atoms with van der Waals surface area (Å²) in [6.07, 6.45) is 0.659. The fourth-order valence-electron chi connectivity index (χ4n) is 2.56. The van der Waals surface area contributed by atoms with Crippen LogP contribution in [-0.4, -0.2) is 16.9 Å². The van der Waals surface area contributed by atoms with E-state index in [-0.39, 0.29) is 12.6 Å². The van der Waals surface area contributed by atoms with E-state index in [9.17, 15) is 14.7 Å². The lowest BCUT2D eigenvalue weighted by Crippen LogP contribution is -2.40. The second kappa shape index (κ2) is 8.66. The number of carbonyl (C=O) groups excluding carboxylic acids is 2. The molecule has 2 amide bonds. The standard InChI is InChI=1S/C20H20N2O4S/c1-13(14-6-3-2-4-7-14)22-20(25)19(24)21-12-15-9-10-17(27-15)18(23)16-8-5-11-26-16/h2-11,13,18,23H,12H2,1H3,(H,21,24)(H,22,25)/t13-,18-/m0/s1. The summed E-state index contributed by atoms with van der Waals surface area (Å²) in [7, 11) is 0. The molecule has 0 radical (unpaired) electrons. The van der Waals surface area contributed by atoms with Crippen molar-refractivity contribution in [1.82, 2.24) is 10.6 Å². The highest BCUT2D eigenvalue weighted by Crippen LogP contribution is 2.28. The lowest BCUT2D eigenvalue weighted by molar-refractivity contribution is -0.139. The van der Waals surface area contributed by atoms with Crippen LogP contribution in [0.3, 0.4) is 0 Å². The van der Waals surface area contributed by atoms with Crippen molar-refractivity contribution in [1.29, 1.82) is 0 Å². The number of rotatable bonds is 6. The smallest absolute Gasteiger partial charge is 0.309 e. The first-order valence-corrected chi connectivity index (χ1v) is 9.30. The van der Waals surface area contributed by atoms with E-state index in [0.29, 0.717) is 10.6 Å². The Bertz CT molecular complexity index is 890. The van der Waals surface area contributed by atoms with Gasteiger partial charge >= 0.3 is 11.8 Å². The van der Waals surface area contributed by atoms with Crippen molar-refractivity contribution in [3.8, 4) is 0 Å². The first kappa shape index (κ1) is 18.9. The molecule has 2 atom stereocenters. The number of nitrogens with one attached hydrogen (secondary N) is 2. The number of hydrogen-bond acceptors (Lipinski definition) is 5. The van der Waals surface area contributed by atoms with Crippen LogP contribution in [0.1, 0.15) is 40.1 Å². The molecule has 0 aliphatic carbocycles. The number of furan rings is 1. The molecule has 0 fully saturated rings. The van der Waals surface area contributed by atoms with Gasteiger partial charge in [-0.2, -0.15) is 0 Å². The van der Waals surface area contributed by atoms with Crippen molar-refractivity contribution in [2.45, 2.75) is 25.6 Å². The molecule has 6 nitrogen and oxygen atoms in total. The van der Waals surface area contributed by atoms with Gasteiger partial charge in [-0.15, -0.1) is 11.3 Å². The summed E-state index contributed by atoms with van der Waals surface area (Å²) in [5.41, 5.74) is 0.925. The van der Waals surface area contributed by atoms with Crippen molar-refractivity contribution in [2.75, 3.05) is 0 Å². The van der Waals surface area contributed by atoms with E-state index in [1.54, 1.807) is 24.3 Å². The number of thiophene rings is 1. The van der Waals surface area contributed by atoms with Gasteiger partial charge in [0.25, 0.3) is 0 Å². The quantitative estimate of drug-likeness (QED) is 0.570. The maximum absolute atomic E-state index is 12.0. The summed E-state index contributed by atoms with van der Waals surface area (Å²) in [6, 6.07) is 16.2. The van der Waals surface area contributed by atoms with Crippen LogP contribution in [0.4, 0.5) is 0 Å². The minimum absolute atomic E-state index is 0.210. The van der Waals surface area contributed by atoms with Crippen LogP contribution >= 0.6 is 11.3 Å². The van der Waals surface area contributed by atoms with E-state index < -0.39 is 17.9 Å². The summed E-state index contributed by atoms with van der Waals surface area (Å²) in [6.45, 7) is 2.03. The molecule has 2 aromatic heterocycles. The highest BCUT2D eigenvalue weighted by atomic mass is 32.1. The molecule has 0 saturated carbocycles. The lowest BCUT2D eigenvalue weighted by atomic mass is 10.1. The molecule has 3 aromatic rings. The molecular formula is C20H20N2O4S. The maximum atomic E-state index is 12.0. The third-order valence-corrected chi connectivity index (χ3v) is 5.18. The van der Waals surface area contributed by atoms with Gasteiger partial charge in [0, 0.05) is 9.75 Å². The Morgan fingerprint density at radius 3 is 2.56 bits per heavy atom. The molecule has 3 N–H and O–H groups in total. The first-order valence-electron chi connectivity index (χ1n) is 8.48. The Morgan fingerprint density at radius 1 is 1.07 bits per heavy atom. The topological polar surface area (TPSA) is 91.6 Å². The van der Waals surface area contributed by atoms with Gasteiger partial charge in [0.15, 0.2) is 0 Å². The molecule has 1 aromatic carbocycles. The van der Waals surface area contributed by atoms with Crippen LogP contribution in [0.25, 0.3) is 0 Å². The fraction of sp³-hybridized carbons (Fsp3) is 0.200. The van der Waals surface area contributed by atoms with Crippen LogP contribution in [0.5, 0.6) is 0 Å². The largest absolute Gasteiger partial charge is 0.466 e. The summed E-state index contributed by atoms with van der Waals surface area (Å²) in [5, 5.41) is 15.5. The summed E-state index contributed by atoms with van der Waals surface area (Å²) in [5.74, 6) is -0.917. The van der Waals surface area contributed by atoms with Crippen molar-refractivity contribution < 1.29 is 19.1 Å². The molecule has 3 rings (SSSR count). The molecule has 27 heavy (non-hydrogen) atoms. The van der Waals surface area contributed by atoms with Crippen molar-refractivity contribution >= 4 is 23.2 Å². The molecule has 7 heteroatoms. The normalized spacial score (nSPS) is 13.0. The molecule has 2 heterocycles. The van der Waals surface area contributed by atoms with Gasteiger partial charge in [-0.25, -0.2) is 0 Å². The molecule has 0 saturated heterocycles.